The Bertz CT molecular complexity index is 1060. The molecule has 150 valence electrons. The van der Waals surface area contributed by atoms with Gasteiger partial charge in [-0.3, -0.25) is 9.59 Å². The minimum atomic E-state index is -0.449. The normalized spacial score (nSPS) is 19.1. The number of amides is 2. The Kier molecular flexibility index (Phi) is 5.49. The van der Waals surface area contributed by atoms with E-state index in [9.17, 15) is 14.0 Å². The minimum absolute atomic E-state index is 0.0135. The summed E-state index contributed by atoms with van der Waals surface area (Å²) in [5.41, 5.74) is 1.70. The highest BCUT2D eigenvalue weighted by Gasteiger charge is 2.28. The van der Waals surface area contributed by atoms with Gasteiger partial charge in [0.05, 0.1) is 28.0 Å². The van der Waals surface area contributed by atoms with E-state index in [0.717, 1.165) is 5.52 Å². The number of nitrogens with one attached hydrogen (secondary N) is 2. The number of rotatable bonds is 4. The topological polar surface area (TPSA) is 75.5 Å². The fourth-order valence-electron chi connectivity index (χ4n) is 3.70. The number of carbonyl (C=O) groups excluding carboxylic acids is 2. The predicted octanol–water partition coefficient (Wildman–Crippen LogP) is 4.05. The lowest BCUT2D eigenvalue weighted by Crippen LogP contribution is -2.39. The lowest BCUT2D eigenvalue weighted by Gasteiger charge is -2.28. The van der Waals surface area contributed by atoms with Crippen molar-refractivity contribution >= 4 is 34.6 Å². The van der Waals surface area contributed by atoms with Gasteiger partial charge in [0, 0.05) is 18.2 Å². The minimum Gasteiger partial charge on any atom is -0.349 e. The number of hydrogen-bond donors (Lipinski definition) is 2. The molecule has 1 aliphatic carbocycles. The van der Waals surface area contributed by atoms with Gasteiger partial charge in [-0.05, 0) is 56.0 Å². The second-order valence-corrected chi connectivity index (χ2v) is 7.63. The monoisotopic (exact) mass is 414 g/mol. The van der Waals surface area contributed by atoms with E-state index in [0.29, 0.717) is 36.9 Å². The quantitative estimate of drug-likeness (QED) is 0.676. The summed E-state index contributed by atoms with van der Waals surface area (Å²) >= 11 is 5.97. The van der Waals surface area contributed by atoms with Crippen molar-refractivity contribution in [2.75, 3.05) is 5.32 Å². The molecule has 1 aromatic carbocycles. The van der Waals surface area contributed by atoms with Gasteiger partial charge in [-0.25, -0.2) is 8.91 Å². The molecule has 0 radical (unpaired) electrons. The Morgan fingerprint density at radius 2 is 1.93 bits per heavy atom. The zero-order valence-electron chi connectivity index (χ0n) is 15.6. The van der Waals surface area contributed by atoms with Gasteiger partial charge < -0.3 is 10.6 Å². The SMILES string of the molecule is O=C(N[C@H]1CC[C@H](C(=O)Nc2ccc(F)cc2Cl)CC1)c1cnn2ccccc12. The summed E-state index contributed by atoms with van der Waals surface area (Å²) in [7, 11) is 0. The second kappa shape index (κ2) is 8.21. The van der Waals surface area contributed by atoms with Crippen LogP contribution in [0.1, 0.15) is 36.0 Å². The molecule has 1 saturated carbocycles. The molecular weight excluding hydrogens is 395 g/mol. The molecule has 0 atom stereocenters. The third-order valence-electron chi connectivity index (χ3n) is 5.29. The van der Waals surface area contributed by atoms with Crippen LogP contribution < -0.4 is 10.6 Å². The Hall–Kier alpha value is -2.93. The Morgan fingerprint density at radius 1 is 1.14 bits per heavy atom. The average molecular weight is 415 g/mol. The average Bonchev–Trinajstić information content (AvgIpc) is 3.15. The number of nitrogens with zero attached hydrogens (tertiary/aromatic N) is 2. The maximum atomic E-state index is 13.1. The number of halogens is 2. The summed E-state index contributed by atoms with van der Waals surface area (Å²) in [6.07, 6.45) is 6.09. The van der Waals surface area contributed by atoms with E-state index in [-0.39, 0.29) is 28.8 Å². The molecule has 0 spiro atoms. The van der Waals surface area contributed by atoms with Crippen molar-refractivity contribution in [3.05, 3.63) is 65.2 Å². The van der Waals surface area contributed by atoms with Crippen molar-refractivity contribution in [3.63, 3.8) is 0 Å². The number of pyridine rings is 1. The highest BCUT2D eigenvalue weighted by Crippen LogP contribution is 2.28. The van der Waals surface area contributed by atoms with E-state index >= 15 is 0 Å². The number of benzene rings is 1. The molecular formula is C21H20ClFN4O2. The van der Waals surface area contributed by atoms with Crippen molar-refractivity contribution in [1.82, 2.24) is 14.9 Å². The first-order chi connectivity index (χ1) is 14.0. The van der Waals surface area contributed by atoms with Crippen LogP contribution in [0.25, 0.3) is 5.52 Å². The highest BCUT2D eigenvalue weighted by molar-refractivity contribution is 6.33. The molecule has 8 heteroatoms. The number of anilines is 1. The second-order valence-electron chi connectivity index (χ2n) is 7.22. The molecule has 29 heavy (non-hydrogen) atoms. The molecule has 6 nitrogen and oxygen atoms in total. The van der Waals surface area contributed by atoms with E-state index in [1.54, 1.807) is 16.9 Å². The van der Waals surface area contributed by atoms with Crippen LogP contribution in [0.2, 0.25) is 5.02 Å². The van der Waals surface area contributed by atoms with Crippen LogP contribution in [0.3, 0.4) is 0 Å². The summed E-state index contributed by atoms with van der Waals surface area (Å²) in [6, 6.07) is 9.47. The van der Waals surface area contributed by atoms with E-state index < -0.39 is 5.82 Å². The van der Waals surface area contributed by atoms with Crippen LogP contribution in [0.5, 0.6) is 0 Å². The molecule has 0 bridgehead atoms. The zero-order chi connectivity index (χ0) is 20.4. The molecule has 2 heterocycles. The first-order valence-corrected chi connectivity index (χ1v) is 9.88. The molecule has 0 aliphatic heterocycles. The van der Waals surface area contributed by atoms with Gasteiger partial charge in [-0.15, -0.1) is 0 Å². The van der Waals surface area contributed by atoms with E-state index in [1.165, 1.54) is 18.2 Å². The van der Waals surface area contributed by atoms with E-state index in [1.807, 2.05) is 18.2 Å². The summed E-state index contributed by atoms with van der Waals surface area (Å²) in [5, 5.41) is 10.2. The van der Waals surface area contributed by atoms with Crippen LogP contribution in [0, 0.1) is 11.7 Å². The number of fused-ring (bicyclic) bond motifs is 1. The standard InChI is InChI=1S/C21H20ClFN4O2/c22-17-11-14(23)6-9-18(17)26-20(28)13-4-7-15(8-5-13)25-21(29)16-12-24-27-10-2-1-3-19(16)27/h1-3,6,9-13,15H,4-5,7-8H2,(H,25,29)(H,26,28)/t13-,15-. The zero-order valence-corrected chi connectivity index (χ0v) is 16.3. The summed E-state index contributed by atoms with van der Waals surface area (Å²) in [4.78, 5) is 25.1. The lowest BCUT2D eigenvalue weighted by molar-refractivity contribution is -0.120. The Labute approximate surface area is 172 Å². The summed E-state index contributed by atoms with van der Waals surface area (Å²) < 4.78 is 14.8. The van der Waals surface area contributed by atoms with Gasteiger partial charge in [-0.1, -0.05) is 17.7 Å². The molecule has 2 N–H and O–H groups in total. The van der Waals surface area contributed by atoms with Crippen molar-refractivity contribution in [2.24, 2.45) is 5.92 Å². The van der Waals surface area contributed by atoms with Crippen LogP contribution >= 0.6 is 11.6 Å². The fraction of sp³-hybridized carbons (Fsp3) is 0.286. The van der Waals surface area contributed by atoms with Crippen molar-refractivity contribution in [2.45, 2.75) is 31.7 Å². The molecule has 2 amide bonds. The van der Waals surface area contributed by atoms with E-state index in [2.05, 4.69) is 15.7 Å². The molecule has 1 fully saturated rings. The van der Waals surface area contributed by atoms with E-state index in [4.69, 9.17) is 11.6 Å². The largest absolute Gasteiger partial charge is 0.349 e. The molecule has 2 aromatic heterocycles. The Balaban J connectivity index is 1.32. The number of aromatic nitrogens is 2. The van der Waals surface area contributed by atoms with Gasteiger partial charge in [0.15, 0.2) is 0 Å². The van der Waals surface area contributed by atoms with Crippen molar-refractivity contribution < 1.29 is 14.0 Å². The van der Waals surface area contributed by atoms with Crippen LogP contribution in [-0.2, 0) is 4.79 Å². The molecule has 0 unspecified atom stereocenters. The van der Waals surface area contributed by atoms with Crippen LogP contribution in [-0.4, -0.2) is 27.5 Å². The predicted molar refractivity (Wildman–Crippen MR) is 108 cm³/mol. The Morgan fingerprint density at radius 3 is 2.69 bits per heavy atom. The smallest absolute Gasteiger partial charge is 0.255 e. The van der Waals surface area contributed by atoms with Gasteiger partial charge in [0.2, 0.25) is 5.91 Å². The molecule has 4 rings (SSSR count). The van der Waals surface area contributed by atoms with Gasteiger partial charge in [-0.2, -0.15) is 5.10 Å². The van der Waals surface area contributed by atoms with Crippen LogP contribution in [0.4, 0.5) is 10.1 Å². The lowest BCUT2D eigenvalue weighted by atomic mass is 9.85. The number of hydrogen-bond acceptors (Lipinski definition) is 3. The summed E-state index contributed by atoms with van der Waals surface area (Å²) in [6.45, 7) is 0. The third kappa shape index (κ3) is 4.24. The highest BCUT2D eigenvalue weighted by atomic mass is 35.5. The maximum Gasteiger partial charge on any atom is 0.255 e. The molecule has 3 aromatic rings. The van der Waals surface area contributed by atoms with Crippen LogP contribution in [0.15, 0.2) is 48.8 Å². The maximum absolute atomic E-state index is 13.1. The van der Waals surface area contributed by atoms with Gasteiger partial charge >= 0.3 is 0 Å². The third-order valence-corrected chi connectivity index (χ3v) is 5.61. The van der Waals surface area contributed by atoms with Gasteiger partial charge in [0.25, 0.3) is 5.91 Å². The first-order valence-electron chi connectivity index (χ1n) is 9.50. The molecule has 1 aliphatic rings. The van der Waals surface area contributed by atoms with Crippen molar-refractivity contribution in [1.29, 1.82) is 0 Å². The fourth-order valence-corrected chi connectivity index (χ4v) is 3.91. The summed E-state index contributed by atoms with van der Waals surface area (Å²) in [5.74, 6) is -0.903. The van der Waals surface area contributed by atoms with Crippen molar-refractivity contribution in [3.8, 4) is 0 Å². The molecule has 0 saturated heterocycles. The number of carbonyl (C=O) groups is 2. The van der Waals surface area contributed by atoms with Gasteiger partial charge in [0.1, 0.15) is 5.82 Å². The first kappa shape index (κ1) is 19.4.